The van der Waals surface area contributed by atoms with Crippen LogP contribution >= 0.6 is 0 Å². The summed E-state index contributed by atoms with van der Waals surface area (Å²) < 4.78 is 66.5. The van der Waals surface area contributed by atoms with Crippen LogP contribution in [-0.2, 0) is 11.0 Å². The molecule has 1 amide bonds. The molecule has 0 heterocycles. The number of nitrogens with one attached hydrogen (secondary N) is 1. The van der Waals surface area contributed by atoms with Crippen molar-refractivity contribution in [1.82, 2.24) is 0 Å². The number of nitrogens with zero attached hydrogens (tertiary/aromatic N) is 1. The molecule has 0 unspecified atom stereocenters. The fraction of sp³-hybridized carbons (Fsp3) is 0.111. The van der Waals surface area contributed by atoms with Gasteiger partial charge in [-0.15, -0.1) is 0 Å². The molecule has 4 nitrogen and oxygen atoms in total. The maximum Gasteiger partial charge on any atom is 0.416 e. The van der Waals surface area contributed by atoms with Crippen molar-refractivity contribution < 1.29 is 31.5 Å². The summed E-state index contributed by atoms with van der Waals surface area (Å²) in [6.07, 6.45) is -3.41. The van der Waals surface area contributed by atoms with Crippen molar-refractivity contribution in [2.45, 2.75) is 12.8 Å². The lowest BCUT2D eigenvalue weighted by Crippen LogP contribution is -2.14. The molecular weight excluding hydrogens is 371 g/mol. The Morgan fingerprint density at radius 1 is 1.15 bits per heavy atom. The van der Waals surface area contributed by atoms with Gasteiger partial charge in [0.1, 0.15) is 17.4 Å². The topological polar surface area (TPSA) is 62.1 Å². The second kappa shape index (κ2) is 8.31. The molecule has 9 heteroatoms. The van der Waals surface area contributed by atoms with Crippen molar-refractivity contribution in [3.63, 3.8) is 0 Å². The Balaban J connectivity index is 2.16. The number of nitriles is 1. The summed E-state index contributed by atoms with van der Waals surface area (Å²) in [4.78, 5) is 12.1. The van der Waals surface area contributed by atoms with Gasteiger partial charge in [-0.3, -0.25) is 4.79 Å². The van der Waals surface area contributed by atoms with E-state index in [2.05, 4.69) is 10.1 Å². The van der Waals surface area contributed by atoms with Crippen LogP contribution < -0.4 is 10.1 Å². The summed E-state index contributed by atoms with van der Waals surface area (Å²) in [6.45, 7) is -2.99. The van der Waals surface area contributed by atoms with Gasteiger partial charge < -0.3 is 10.1 Å². The molecular formula is C18H11F5N2O2. The fourth-order valence-corrected chi connectivity index (χ4v) is 2.03. The summed E-state index contributed by atoms with van der Waals surface area (Å²) in [5.74, 6) is -1.01. The van der Waals surface area contributed by atoms with Crippen molar-refractivity contribution in [3.05, 3.63) is 65.2 Å². The van der Waals surface area contributed by atoms with Crippen LogP contribution in [0.4, 0.5) is 27.6 Å². The minimum atomic E-state index is -4.57. The van der Waals surface area contributed by atoms with E-state index in [9.17, 15) is 26.7 Å². The molecule has 0 aliphatic carbocycles. The highest BCUT2D eigenvalue weighted by Crippen LogP contribution is 2.30. The van der Waals surface area contributed by atoms with Crippen LogP contribution in [0.2, 0.25) is 0 Å². The second-order valence-corrected chi connectivity index (χ2v) is 5.15. The van der Waals surface area contributed by atoms with E-state index in [-0.39, 0.29) is 17.0 Å². The third kappa shape index (κ3) is 5.81. The molecule has 2 rings (SSSR count). The molecule has 0 radical (unpaired) electrons. The number of amides is 1. The molecule has 0 aliphatic heterocycles. The van der Waals surface area contributed by atoms with Gasteiger partial charge in [0.05, 0.1) is 5.56 Å². The van der Waals surface area contributed by atoms with Crippen LogP contribution in [-0.4, -0.2) is 12.5 Å². The molecule has 0 spiro atoms. The summed E-state index contributed by atoms with van der Waals surface area (Å²) in [5, 5.41) is 11.3. The van der Waals surface area contributed by atoms with Gasteiger partial charge in [-0.05, 0) is 42.0 Å². The lowest BCUT2D eigenvalue weighted by molar-refractivity contribution is -0.137. The zero-order chi connectivity index (χ0) is 20.0. The molecule has 0 aromatic heterocycles. The molecule has 1 N–H and O–H groups in total. The second-order valence-electron chi connectivity index (χ2n) is 5.15. The Labute approximate surface area is 150 Å². The maximum absolute atomic E-state index is 12.7. The van der Waals surface area contributed by atoms with Crippen LogP contribution in [0.3, 0.4) is 0 Å². The first kappa shape index (κ1) is 19.9. The molecule has 0 aliphatic rings. The molecule has 0 atom stereocenters. The molecule has 140 valence electrons. The first-order valence-electron chi connectivity index (χ1n) is 7.34. The van der Waals surface area contributed by atoms with Crippen molar-refractivity contribution in [1.29, 1.82) is 5.26 Å². The fourth-order valence-electron chi connectivity index (χ4n) is 2.03. The van der Waals surface area contributed by atoms with E-state index in [1.54, 1.807) is 6.07 Å². The lowest BCUT2D eigenvalue weighted by atomic mass is 10.1. The van der Waals surface area contributed by atoms with Crippen LogP contribution in [0.15, 0.2) is 54.1 Å². The maximum atomic E-state index is 12.7. The van der Waals surface area contributed by atoms with Crippen molar-refractivity contribution in [3.8, 4) is 11.8 Å². The highest BCUT2D eigenvalue weighted by Gasteiger charge is 2.30. The number of hydrogen-bond donors (Lipinski definition) is 1. The Morgan fingerprint density at radius 3 is 2.37 bits per heavy atom. The van der Waals surface area contributed by atoms with Crippen molar-refractivity contribution in [2.24, 2.45) is 0 Å². The Bertz CT molecular complexity index is 884. The molecule has 0 saturated carbocycles. The number of carbonyl (C=O) groups is 1. The molecule has 2 aromatic rings. The number of benzene rings is 2. The Hall–Kier alpha value is -3.41. The van der Waals surface area contributed by atoms with Gasteiger partial charge in [0.25, 0.3) is 5.91 Å². The van der Waals surface area contributed by atoms with E-state index in [0.717, 1.165) is 24.3 Å². The number of carbonyl (C=O) groups excluding carboxylic acids is 1. The number of halogens is 5. The SMILES string of the molecule is N#CC(=Cc1ccc(OC(F)F)cc1)C(=O)Nc1cccc(C(F)(F)F)c1. The summed E-state index contributed by atoms with van der Waals surface area (Å²) in [7, 11) is 0. The minimum Gasteiger partial charge on any atom is -0.435 e. The lowest BCUT2D eigenvalue weighted by Gasteiger charge is -2.09. The highest BCUT2D eigenvalue weighted by molar-refractivity contribution is 6.09. The van der Waals surface area contributed by atoms with E-state index in [1.807, 2.05) is 0 Å². The minimum absolute atomic E-state index is 0.103. The van der Waals surface area contributed by atoms with E-state index in [0.29, 0.717) is 5.56 Å². The van der Waals surface area contributed by atoms with Crippen LogP contribution in [0, 0.1) is 11.3 Å². The number of alkyl halides is 5. The van der Waals surface area contributed by atoms with Gasteiger partial charge >= 0.3 is 12.8 Å². The molecule has 2 aromatic carbocycles. The van der Waals surface area contributed by atoms with Gasteiger partial charge in [-0.1, -0.05) is 18.2 Å². The Kier molecular flexibility index (Phi) is 6.13. The van der Waals surface area contributed by atoms with E-state index in [4.69, 9.17) is 5.26 Å². The smallest absolute Gasteiger partial charge is 0.416 e. The van der Waals surface area contributed by atoms with E-state index in [1.165, 1.54) is 30.3 Å². The predicted octanol–water partition coefficient (Wildman–Crippen LogP) is 4.85. The van der Waals surface area contributed by atoms with Gasteiger partial charge in [-0.25, -0.2) is 0 Å². The molecule has 27 heavy (non-hydrogen) atoms. The van der Waals surface area contributed by atoms with Gasteiger partial charge in [0.15, 0.2) is 0 Å². The third-order valence-electron chi connectivity index (χ3n) is 3.23. The van der Waals surface area contributed by atoms with E-state index >= 15 is 0 Å². The van der Waals surface area contributed by atoms with E-state index < -0.39 is 24.3 Å². The summed E-state index contributed by atoms with van der Waals surface area (Å²) >= 11 is 0. The first-order chi connectivity index (χ1) is 12.7. The number of hydrogen-bond acceptors (Lipinski definition) is 3. The first-order valence-corrected chi connectivity index (χ1v) is 7.34. The van der Waals surface area contributed by atoms with Crippen molar-refractivity contribution >= 4 is 17.7 Å². The average Bonchev–Trinajstić information content (AvgIpc) is 2.60. The molecule has 0 saturated heterocycles. The van der Waals surface area contributed by atoms with Crippen LogP contribution in [0.5, 0.6) is 5.75 Å². The van der Waals surface area contributed by atoms with Crippen LogP contribution in [0.1, 0.15) is 11.1 Å². The zero-order valence-electron chi connectivity index (χ0n) is 13.4. The normalized spacial score (nSPS) is 11.8. The molecule has 0 fully saturated rings. The monoisotopic (exact) mass is 382 g/mol. The third-order valence-corrected chi connectivity index (χ3v) is 3.23. The molecule has 0 bridgehead atoms. The number of rotatable bonds is 5. The summed E-state index contributed by atoms with van der Waals surface area (Å²) in [5.41, 5.74) is -1.11. The van der Waals surface area contributed by atoms with Gasteiger partial charge in [-0.2, -0.15) is 27.2 Å². The Morgan fingerprint density at radius 2 is 1.81 bits per heavy atom. The van der Waals surface area contributed by atoms with Gasteiger partial charge in [0.2, 0.25) is 0 Å². The average molecular weight is 382 g/mol. The standard InChI is InChI=1S/C18H11F5N2O2/c19-17(20)27-15-6-4-11(5-7-15)8-12(10-24)16(26)25-14-3-1-2-13(9-14)18(21,22)23/h1-9,17H,(H,25,26). The van der Waals surface area contributed by atoms with Crippen molar-refractivity contribution in [2.75, 3.05) is 5.32 Å². The highest BCUT2D eigenvalue weighted by atomic mass is 19.4. The quantitative estimate of drug-likeness (QED) is 0.457. The zero-order valence-corrected chi connectivity index (χ0v) is 13.4. The predicted molar refractivity (Wildman–Crippen MR) is 86.7 cm³/mol. The van der Waals surface area contributed by atoms with Gasteiger partial charge in [0, 0.05) is 5.69 Å². The number of anilines is 1. The number of ether oxygens (including phenoxy) is 1. The largest absolute Gasteiger partial charge is 0.435 e. The summed E-state index contributed by atoms with van der Waals surface area (Å²) in [6, 6.07) is 10.7. The van der Waals surface area contributed by atoms with Crippen LogP contribution in [0.25, 0.3) is 6.08 Å².